The van der Waals surface area contributed by atoms with Gasteiger partial charge in [-0.2, -0.15) is 0 Å². The largest absolute Gasteiger partial charge is 0.355 e. The van der Waals surface area contributed by atoms with Crippen LogP contribution >= 0.6 is 0 Å². The molecule has 1 aliphatic carbocycles. The van der Waals surface area contributed by atoms with Crippen LogP contribution in [0.25, 0.3) is 60.5 Å². The fourth-order valence-corrected chi connectivity index (χ4v) is 7.61. The van der Waals surface area contributed by atoms with Gasteiger partial charge in [-0.3, -0.25) is 0 Å². The van der Waals surface area contributed by atoms with E-state index in [1.165, 1.54) is 71.6 Å². The summed E-state index contributed by atoms with van der Waals surface area (Å²) in [6, 6.07) is 55.3. The first-order valence-electron chi connectivity index (χ1n) is 15.7. The molecule has 1 heterocycles. The summed E-state index contributed by atoms with van der Waals surface area (Å²) in [6.45, 7) is 4.67. The molecule has 8 aromatic rings. The Morgan fingerprint density at radius 1 is 0.444 bits per heavy atom. The highest BCUT2D eigenvalue weighted by molar-refractivity contribution is 6.11. The van der Waals surface area contributed by atoms with Gasteiger partial charge in [-0.1, -0.05) is 129 Å². The number of nitrogens with zero attached hydrogens (tertiary/aromatic N) is 1. The van der Waals surface area contributed by atoms with Crippen molar-refractivity contribution in [3.63, 3.8) is 0 Å². The second-order valence-corrected chi connectivity index (χ2v) is 12.7. The average Bonchev–Trinajstić information content (AvgIpc) is 3.52. The van der Waals surface area contributed by atoms with E-state index in [1.807, 2.05) is 0 Å². The number of hydrogen-bond donors (Lipinski definition) is 1. The summed E-state index contributed by atoms with van der Waals surface area (Å²) in [5.74, 6) is 0. The van der Waals surface area contributed by atoms with E-state index in [9.17, 15) is 0 Å². The highest BCUT2D eigenvalue weighted by Crippen LogP contribution is 2.49. The highest BCUT2D eigenvalue weighted by atomic mass is 15.0. The third kappa shape index (κ3) is 3.89. The van der Waals surface area contributed by atoms with Crippen molar-refractivity contribution in [1.29, 1.82) is 0 Å². The standard InChI is InChI=1S/C43H32N2/c1-43(2)38-19-8-5-15-33(38)34-24-22-29(26-39(34)43)44-30-23-25-37-36-17-7-10-21-41(36)45(42(37)27-30)40-20-9-6-16-35(40)32-18-11-13-28-12-3-4-14-31(28)32/h3-27,44H,1-2H3. The molecule has 0 unspecified atom stereocenters. The lowest BCUT2D eigenvalue weighted by Crippen LogP contribution is -2.15. The van der Waals surface area contributed by atoms with Gasteiger partial charge in [-0.25, -0.2) is 0 Å². The Bertz CT molecular complexity index is 2440. The van der Waals surface area contributed by atoms with Gasteiger partial charge in [0, 0.05) is 33.1 Å². The summed E-state index contributed by atoms with van der Waals surface area (Å²) >= 11 is 0. The normalized spacial score (nSPS) is 13.3. The van der Waals surface area contributed by atoms with Crippen LogP contribution in [0, 0.1) is 0 Å². The molecular weight excluding hydrogens is 544 g/mol. The van der Waals surface area contributed by atoms with Crippen LogP contribution in [0.4, 0.5) is 11.4 Å². The third-order valence-corrected chi connectivity index (χ3v) is 9.77. The van der Waals surface area contributed by atoms with Crippen molar-refractivity contribution in [1.82, 2.24) is 4.57 Å². The quantitative estimate of drug-likeness (QED) is 0.220. The lowest BCUT2D eigenvalue weighted by Gasteiger charge is -2.22. The molecule has 0 amide bonds. The van der Waals surface area contributed by atoms with Gasteiger partial charge in [0.1, 0.15) is 0 Å². The molecule has 0 aliphatic heterocycles. The fourth-order valence-electron chi connectivity index (χ4n) is 7.61. The predicted octanol–water partition coefficient (Wildman–Crippen LogP) is 11.7. The minimum absolute atomic E-state index is 0.0364. The molecule has 0 bridgehead atoms. The molecule has 45 heavy (non-hydrogen) atoms. The smallest absolute Gasteiger partial charge is 0.0562 e. The molecule has 2 heteroatoms. The summed E-state index contributed by atoms with van der Waals surface area (Å²) in [7, 11) is 0. The van der Waals surface area contributed by atoms with E-state index in [1.54, 1.807) is 0 Å². The number of para-hydroxylation sites is 2. The molecule has 7 aromatic carbocycles. The molecule has 0 saturated heterocycles. The van der Waals surface area contributed by atoms with Crippen LogP contribution < -0.4 is 5.32 Å². The number of benzene rings is 7. The highest BCUT2D eigenvalue weighted by Gasteiger charge is 2.35. The van der Waals surface area contributed by atoms with E-state index >= 15 is 0 Å². The van der Waals surface area contributed by atoms with E-state index in [-0.39, 0.29) is 5.41 Å². The first-order valence-corrected chi connectivity index (χ1v) is 15.7. The number of aromatic nitrogens is 1. The van der Waals surface area contributed by atoms with E-state index in [4.69, 9.17) is 0 Å². The summed E-state index contributed by atoms with van der Waals surface area (Å²) in [5, 5.41) is 8.78. The SMILES string of the molecule is CC1(C)c2ccccc2-c2ccc(Nc3ccc4c5ccccc5n(-c5ccccc5-c5cccc6ccccc56)c4c3)cc21. The first-order chi connectivity index (χ1) is 22.1. The zero-order valence-corrected chi connectivity index (χ0v) is 25.4. The van der Waals surface area contributed by atoms with E-state index < -0.39 is 0 Å². The molecule has 214 valence electrons. The molecule has 1 N–H and O–H groups in total. The van der Waals surface area contributed by atoms with Gasteiger partial charge < -0.3 is 9.88 Å². The van der Waals surface area contributed by atoms with Crippen LogP contribution in [0.3, 0.4) is 0 Å². The van der Waals surface area contributed by atoms with Crippen LogP contribution in [0.2, 0.25) is 0 Å². The average molecular weight is 577 g/mol. The maximum atomic E-state index is 3.77. The van der Waals surface area contributed by atoms with Gasteiger partial charge in [0.25, 0.3) is 0 Å². The zero-order valence-electron chi connectivity index (χ0n) is 25.4. The van der Waals surface area contributed by atoms with Gasteiger partial charge in [-0.15, -0.1) is 0 Å². The van der Waals surface area contributed by atoms with E-state index in [2.05, 4.69) is 175 Å². The number of fused-ring (bicyclic) bond motifs is 7. The predicted molar refractivity (Wildman–Crippen MR) is 191 cm³/mol. The van der Waals surface area contributed by atoms with Crippen molar-refractivity contribution >= 4 is 44.0 Å². The Kier molecular flexibility index (Phi) is 5.58. The van der Waals surface area contributed by atoms with Crippen molar-refractivity contribution in [3.8, 4) is 27.9 Å². The van der Waals surface area contributed by atoms with Crippen molar-refractivity contribution in [2.24, 2.45) is 0 Å². The number of anilines is 2. The third-order valence-electron chi connectivity index (χ3n) is 9.77. The van der Waals surface area contributed by atoms with Crippen molar-refractivity contribution in [2.75, 3.05) is 5.32 Å². The molecule has 0 saturated carbocycles. The van der Waals surface area contributed by atoms with Crippen molar-refractivity contribution in [3.05, 3.63) is 163 Å². The summed E-state index contributed by atoms with van der Waals surface area (Å²) in [6.07, 6.45) is 0. The zero-order chi connectivity index (χ0) is 30.1. The summed E-state index contributed by atoms with van der Waals surface area (Å²) in [4.78, 5) is 0. The molecule has 0 atom stereocenters. The Labute approximate surface area is 263 Å². The Balaban J connectivity index is 1.20. The molecule has 2 nitrogen and oxygen atoms in total. The van der Waals surface area contributed by atoms with Gasteiger partial charge >= 0.3 is 0 Å². The Morgan fingerprint density at radius 3 is 1.98 bits per heavy atom. The molecule has 0 spiro atoms. The number of hydrogen-bond acceptors (Lipinski definition) is 1. The molecular formula is C43H32N2. The lowest BCUT2D eigenvalue weighted by molar-refractivity contribution is 0.660. The van der Waals surface area contributed by atoms with Gasteiger partial charge in [0.05, 0.1) is 16.7 Å². The van der Waals surface area contributed by atoms with Crippen LogP contribution in [0.1, 0.15) is 25.0 Å². The van der Waals surface area contributed by atoms with E-state index in [0.717, 1.165) is 11.4 Å². The van der Waals surface area contributed by atoms with Gasteiger partial charge in [0.15, 0.2) is 0 Å². The minimum atomic E-state index is -0.0364. The lowest BCUT2D eigenvalue weighted by atomic mass is 9.82. The van der Waals surface area contributed by atoms with Crippen LogP contribution in [-0.4, -0.2) is 4.57 Å². The molecule has 1 aliphatic rings. The summed E-state index contributed by atoms with van der Waals surface area (Å²) in [5.41, 5.74) is 13.6. The maximum Gasteiger partial charge on any atom is 0.0562 e. The Morgan fingerprint density at radius 2 is 1.07 bits per heavy atom. The van der Waals surface area contributed by atoms with Crippen molar-refractivity contribution in [2.45, 2.75) is 19.3 Å². The van der Waals surface area contributed by atoms with E-state index in [0.29, 0.717) is 0 Å². The molecule has 0 radical (unpaired) electrons. The molecule has 1 aromatic heterocycles. The second-order valence-electron chi connectivity index (χ2n) is 12.7. The topological polar surface area (TPSA) is 17.0 Å². The number of rotatable bonds is 4. The van der Waals surface area contributed by atoms with Gasteiger partial charge in [-0.05, 0) is 75.0 Å². The van der Waals surface area contributed by atoms with Crippen molar-refractivity contribution < 1.29 is 0 Å². The maximum absolute atomic E-state index is 3.77. The van der Waals surface area contributed by atoms with Crippen LogP contribution in [-0.2, 0) is 5.41 Å². The first kappa shape index (κ1) is 25.9. The Hall–Kier alpha value is -5.60. The van der Waals surface area contributed by atoms with Gasteiger partial charge in [0.2, 0.25) is 0 Å². The fraction of sp³-hybridized carbons (Fsp3) is 0.0698. The second kappa shape index (κ2) is 9.70. The minimum Gasteiger partial charge on any atom is -0.355 e. The van der Waals surface area contributed by atoms with Crippen LogP contribution in [0.15, 0.2) is 152 Å². The monoisotopic (exact) mass is 576 g/mol. The summed E-state index contributed by atoms with van der Waals surface area (Å²) < 4.78 is 2.44. The molecule has 9 rings (SSSR count). The van der Waals surface area contributed by atoms with Crippen LogP contribution in [0.5, 0.6) is 0 Å². The number of nitrogens with one attached hydrogen (secondary N) is 1. The molecule has 0 fully saturated rings.